The summed E-state index contributed by atoms with van der Waals surface area (Å²) in [6.45, 7) is 0. The first kappa shape index (κ1) is 14.2. The van der Waals surface area contributed by atoms with Crippen LogP contribution in [0, 0.1) is 15.2 Å². The van der Waals surface area contributed by atoms with Gasteiger partial charge in [-0.25, -0.2) is 8.78 Å². The highest BCUT2D eigenvalue weighted by molar-refractivity contribution is 14.1. The van der Waals surface area contributed by atoms with Crippen molar-refractivity contribution in [2.45, 2.75) is 5.38 Å². The van der Waals surface area contributed by atoms with E-state index in [-0.39, 0.29) is 11.6 Å². The molecule has 18 heavy (non-hydrogen) atoms. The summed E-state index contributed by atoms with van der Waals surface area (Å²) in [5.74, 6) is -0.635. The second kappa shape index (κ2) is 5.84. The molecule has 0 N–H and O–H groups in total. The van der Waals surface area contributed by atoms with E-state index in [4.69, 9.17) is 11.6 Å². The van der Waals surface area contributed by atoms with E-state index in [1.165, 1.54) is 18.2 Å². The van der Waals surface area contributed by atoms with Crippen molar-refractivity contribution in [1.29, 1.82) is 0 Å². The molecule has 2 rings (SSSR count). The van der Waals surface area contributed by atoms with E-state index in [0.29, 0.717) is 4.47 Å². The molecule has 2 aromatic rings. The summed E-state index contributed by atoms with van der Waals surface area (Å²) in [6.07, 6.45) is 0. The molecule has 0 heterocycles. The fourth-order valence-corrected chi connectivity index (χ4v) is 3.25. The van der Waals surface area contributed by atoms with Gasteiger partial charge in [-0.15, -0.1) is 11.6 Å². The van der Waals surface area contributed by atoms with Gasteiger partial charge >= 0.3 is 0 Å². The zero-order chi connectivity index (χ0) is 13.3. The largest absolute Gasteiger partial charge is 0.207 e. The smallest absolute Gasteiger partial charge is 0.137 e. The van der Waals surface area contributed by atoms with E-state index < -0.39 is 5.38 Å². The van der Waals surface area contributed by atoms with Crippen LogP contribution in [0.25, 0.3) is 0 Å². The molecule has 1 atom stereocenters. The molecule has 0 aliphatic rings. The van der Waals surface area contributed by atoms with E-state index in [0.717, 1.165) is 14.7 Å². The van der Waals surface area contributed by atoms with Crippen molar-refractivity contribution in [2.24, 2.45) is 0 Å². The highest BCUT2D eigenvalue weighted by atomic mass is 127. The van der Waals surface area contributed by atoms with Crippen molar-refractivity contribution in [3.05, 3.63) is 67.2 Å². The van der Waals surface area contributed by atoms with Gasteiger partial charge in [0, 0.05) is 3.57 Å². The predicted molar refractivity (Wildman–Crippen MR) is 80.9 cm³/mol. The van der Waals surface area contributed by atoms with E-state index in [2.05, 4.69) is 15.9 Å². The van der Waals surface area contributed by atoms with Crippen LogP contribution in [0.5, 0.6) is 0 Å². The molecule has 94 valence electrons. The summed E-state index contributed by atoms with van der Waals surface area (Å²) < 4.78 is 27.3. The van der Waals surface area contributed by atoms with Gasteiger partial charge in [-0.05, 0) is 73.9 Å². The van der Waals surface area contributed by atoms with Gasteiger partial charge in [-0.1, -0.05) is 12.1 Å². The van der Waals surface area contributed by atoms with E-state index in [1.807, 2.05) is 22.6 Å². The third-order valence-corrected chi connectivity index (χ3v) is 4.50. The van der Waals surface area contributed by atoms with Crippen LogP contribution in [-0.2, 0) is 0 Å². The van der Waals surface area contributed by atoms with Gasteiger partial charge in [0.05, 0.1) is 9.85 Å². The topological polar surface area (TPSA) is 0 Å². The standard InChI is InChI=1S/C13H7BrClF2I/c14-10-5-7(1-4-11(10)17)13(15)9-3-2-8(16)6-12(9)18/h1-6,13H. The van der Waals surface area contributed by atoms with Gasteiger partial charge in [-0.3, -0.25) is 0 Å². The number of rotatable bonds is 2. The van der Waals surface area contributed by atoms with Crippen LogP contribution in [-0.4, -0.2) is 0 Å². The van der Waals surface area contributed by atoms with Crippen LogP contribution in [0.4, 0.5) is 8.78 Å². The summed E-state index contributed by atoms with van der Waals surface area (Å²) in [5.41, 5.74) is 1.56. The lowest BCUT2D eigenvalue weighted by molar-refractivity contribution is 0.620. The molecule has 5 heteroatoms. The predicted octanol–water partition coefficient (Wildman–Crippen LogP) is 5.66. The van der Waals surface area contributed by atoms with Gasteiger partial charge in [0.25, 0.3) is 0 Å². The minimum Gasteiger partial charge on any atom is -0.207 e. The molecule has 0 nitrogen and oxygen atoms in total. The molecule has 0 saturated carbocycles. The summed E-state index contributed by atoms with van der Waals surface area (Å²) in [5, 5.41) is -0.436. The van der Waals surface area contributed by atoms with Crippen LogP contribution >= 0.6 is 50.1 Å². The highest BCUT2D eigenvalue weighted by Gasteiger charge is 2.15. The fraction of sp³-hybridized carbons (Fsp3) is 0.0769. The van der Waals surface area contributed by atoms with Crippen molar-refractivity contribution in [3.8, 4) is 0 Å². The molecule has 2 aromatic carbocycles. The number of halogens is 5. The number of hydrogen-bond acceptors (Lipinski definition) is 0. The zero-order valence-corrected chi connectivity index (χ0v) is 13.4. The quantitative estimate of drug-likeness (QED) is 0.415. The Kier molecular flexibility index (Phi) is 4.61. The van der Waals surface area contributed by atoms with Crippen LogP contribution < -0.4 is 0 Å². The number of hydrogen-bond donors (Lipinski definition) is 0. The molecule has 0 spiro atoms. The fourth-order valence-electron chi connectivity index (χ4n) is 1.56. The average Bonchev–Trinajstić information content (AvgIpc) is 2.32. The normalized spacial score (nSPS) is 12.5. The first-order valence-electron chi connectivity index (χ1n) is 5.03. The highest BCUT2D eigenvalue weighted by Crippen LogP contribution is 2.33. The van der Waals surface area contributed by atoms with Crippen LogP contribution in [0.3, 0.4) is 0 Å². The summed E-state index contributed by atoms with van der Waals surface area (Å²) in [7, 11) is 0. The first-order chi connectivity index (χ1) is 8.49. The second-order valence-electron chi connectivity index (χ2n) is 3.70. The monoisotopic (exact) mass is 442 g/mol. The molecule has 0 fully saturated rings. The van der Waals surface area contributed by atoms with E-state index >= 15 is 0 Å². The molecular weight excluding hydrogens is 436 g/mol. The minimum atomic E-state index is -0.436. The van der Waals surface area contributed by atoms with Crippen molar-refractivity contribution in [3.63, 3.8) is 0 Å². The molecular formula is C13H7BrClF2I. The van der Waals surface area contributed by atoms with Crippen LogP contribution in [0.15, 0.2) is 40.9 Å². The third kappa shape index (κ3) is 3.03. The second-order valence-corrected chi connectivity index (χ2v) is 6.15. The third-order valence-electron chi connectivity index (χ3n) is 2.47. The Hall–Kier alpha value is -0.200. The SMILES string of the molecule is Fc1ccc(C(Cl)c2ccc(F)c(Br)c2)c(I)c1. The van der Waals surface area contributed by atoms with Gasteiger partial charge in [0.15, 0.2) is 0 Å². The summed E-state index contributed by atoms with van der Waals surface area (Å²) in [6, 6.07) is 9.04. The molecule has 0 radical (unpaired) electrons. The van der Waals surface area contributed by atoms with Crippen molar-refractivity contribution < 1.29 is 8.78 Å². The zero-order valence-electron chi connectivity index (χ0n) is 8.93. The van der Waals surface area contributed by atoms with Crippen molar-refractivity contribution >= 4 is 50.1 Å². The molecule has 0 saturated heterocycles. The Morgan fingerprint density at radius 2 is 1.83 bits per heavy atom. The Morgan fingerprint density at radius 1 is 1.11 bits per heavy atom. The van der Waals surface area contributed by atoms with Gasteiger partial charge < -0.3 is 0 Å². The van der Waals surface area contributed by atoms with Crippen molar-refractivity contribution in [2.75, 3.05) is 0 Å². The van der Waals surface area contributed by atoms with Gasteiger partial charge in [0.2, 0.25) is 0 Å². The van der Waals surface area contributed by atoms with Gasteiger partial charge in [-0.2, -0.15) is 0 Å². The minimum absolute atomic E-state index is 0.299. The van der Waals surface area contributed by atoms with E-state index in [9.17, 15) is 8.78 Å². The maximum atomic E-state index is 13.2. The van der Waals surface area contributed by atoms with E-state index in [1.54, 1.807) is 18.2 Å². The first-order valence-corrected chi connectivity index (χ1v) is 7.34. The average molecular weight is 443 g/mol. The molecule has 0 aliphatic carbocycles. The summed E-state index contributed by atoms with van der Waals surface area (Å²) in [4.78, 5) is 0. The Bertz CT molecular complexity index is 589. The van der Waals surface area contributed by atoms with Crippen LogP contribution in [0.2, 0.25) is 0 Å². The Balaban J connectivity index is 2.41. The lowest BCUT2D eigenvalue weighted by atomic mass is 10.0. The lowest BCUT2D eigenvalue weighted by Gasteiger charge is -2.13. The molecule has 0 amide bonds. The van der Waals surface area contributed by atoms with Crippen molar-refractivity contribution in [1.82, 2.24) is 0 Å². The van der Waals surface area contributed by atoms with Gasteiger partial charge in [0.1, 0.15) is 11.6 Å². The maximum Gasteiger partial charge on any atom is 0.137 e. The Morgan fingerprint density at radius 3 is 2.44 bits per heavy atom. The molecule has 0 aromatic heterocycles. The maximum absolute atomic E-state index is 13.2. The molecule has 0 bridgehead atoms. The van der Waals surface area contributed by atoms with Crippen LogP contribution in [0.1, 0.15) is 16.5 Å². The summed E-state index contributed by atoms with van der Waals surface area (Å²) >= 11 is 11.5. The molecule has 0 aliphatic heterocycles. The lowest BCUT2D eigenvalue weighted by Crippen LogP contribution is -1.97. The number of benzene rings is 2. The molecule has 1 unspecified atom stereocenters. The number of alkyl halides is 1. The Labute approximate surface area is 131 Å².